The fourth-order valence-electron chi connectivity index (χ4n) is 1.15. The average Bonchev–Trinajstić information content (AvgIpc) is 2.63. The van der Waals surface area contributed by atoms with Crippen LogP contribution in [0, 0.1) is 0 Å². The highest BCUT2D eigenvalue weighted by atomic mass is 32.2. The van der Waals surface area contributed by atoms with Gasteiger partial charge in [-0.05, 0) is 42.2 Å². The second-order valence-corrected chi connectivity index (χ2v) is 5.41. The van der Waals surface area contributed by atoms with E-state index in [0.717, 1.165) is 0 Å². The molecule has 2 heteroatoms. The molecule has 1 aromatic heterocycles. The molecule has 0 N–H and O–H groups in total. The van der Waals surface area contributed by atoms with Crippen LogP contribution < -0.4 is 0 Å². The van der Waals surface area contributed by atoms with Crippen LogP contribution in [0.15, 0.2) is 17.5 Å². The molecule has 0 radical (unpaired) electrons. The van der Waals surface area contributed by atoms with Gasteiger partial charge in [0.2, 0.25) is 0 Å². The molecular formula is C11H18S2. The summed E-state index contributed by atoms with van der Waals surface area (Å²) in [6.07, 6.45) is 5.33. The Morgan fingerprint density at radius 3 is 2.85 bits per heavy atom. The molecule has 0 atom stereocenters. The van der Waals surface area contributed by atoms with E-state index in [1.165, 1.54) is 42.1 Å². The zero-order chi connectivity index (χ0) is 9.36. The van der Waals surface area contributed by atoms with Gasteiger partial charge in [-0.15, -0.1) is 11.3 Å². The van der Waals surface area contributed by atoms with Gasteiger partial charge in [0.1, 0.15) is 0 Å². The van der Waals surface area contributed by atoms with Crippen molar-refractivity contribution in [1.82, 2.24) is 0 Å². The Morgan fingerprint density at radius 2 is 2.15 bits per heavy atom. The van der Waals surface area contributed by atoms with Crippen molar-refractivity contribution in [2.45, 2.75) is 32.6 Å². The second kappa shape index (κ2) is 7.45. The van der Waals surface area contributed by atoms with Crippen LogP contribution in [-0.4, -0.2) is 11.5 Å². The third kappa shape index (κ3) is 5.37. The number of thiophene rings is 1. The van der Waals surface area contributed by atoms with Crippen molar-refractivity contribution in [3.8, 4) is 0 Å². The minimum atomic E-state index is 1.27. The predicted octanol–water partition coefficient (Wildman–Crippen LogP) is 4.21. The first-order chi connectivity index (χ1) is 6.43. The van der Waals surface area contributed by atoms with Crippen LogP contribution in [0.4, 0.5) is 0 Å². The maximum atomic E-state index is 2.26. The third-order valence-corrected chi connectivity index (χ3v) is 4.03. The third-order valence-electron chi connectivity index (χ3n) is 1.93. The lowest BCUT2D eigenvalue weighted by molar-refractivity contribution is 0.891. The second-order valence-electron chi connectivity index (χ2n) is 3.15. The lowest BCUT2D eigenvalue weighted by Gasteiger charge is -1.99. The maximum absolute atomic E-state index is 2.26. The number of unbranched alkanes of at least 4 members (excludes halogenated alkanes) is 1. The van der Waals surface area contributed by atoms with E-state index in [-0.39, 0.29) is 0 Å². The first-order valence-corrected chi connectivity index (χ1v) is 7.07. The largest absolute Gasteiger partial charge is 0.162 e. The standard InChI is InChI=1S/C11H18S2/c1-2-3-8-12-9-4-6-11-7-5-10-13-11/h5,7,10H,2-4,6,8-9H2,1H3. The summed E-state index contributed by atoms with van der Waals surface area (Å²) in [6, 6.07) is 4.38. The first kappa shape index (κ1) is 11.1. The van der Waals surface area contributed by atoms with Gasteiger partial charge in [-0.2, -0.15) is 11.8 Å². The topological polar surface area (TPSA) is 0 Å². The monoisotopic (exact) mass is 214 g/mol. The lowest BCUT2D eigenvalue weighted by atomic mass is 10.3. The summed E-state index contributed by atoms with van der Waals surface area (Å²) in [5, 5.41) is 2.17. The van der Waals surface area contributed by atoms with E-state index in [1.807, 2.05) is 11.3 Å². The van der Waals surface area contributed by atoms with Crippen molar-refractivity contribution < 1.29 is 0 Å². The molecule has 0 unspecified atom stereocenters. The molecule has 0 aromatic carbocycles. The lowest BCUT2D eigenvalue weighted by Crippen LogP contribution is -1.86. The zero-order valence-corrected chi connectivity index (χ0v) is 9.92. The summed E-state index contributed by atoms with van der Waals surface area (Å²) >= 11 is 3.99. The Hall–Kier alpha value is 0.0500. The molecule has 1 rings (SSSR count). The van der Waals surface area contributed by atoms with Crippen molar-refractivity contribution >= 4 is 23.1 Å². The number of hydrogen-bond acceptors (Lipinski definition) is 2. The summed E-state index contributed by atoms with van der Waals surface area (Å²) < 4.78 is 0. The SMILES string of the molecule is CCCCSCCCc1cccs1. The van der Waals surface area contributed by atoms with Crippen molar-refractivity contribution in [2.24, 2.45) is 0 Å². The maximum Gasteiger partial charge on any atom is 0.00455 e. The van der Waals surface area contributed by atoms with E-state index in [0.29, 0.717) is 0 Å². The van der Waals surface area contributed by atoms with Gasteiger partial charge >= 0.3 is 0 Å². The molecule has 0 bridgehead atoms. The Labute approximate surface area is 89.7 Å². The van der Waals surface area contributed by atoms with Crippen molar-refractivity contribution in [2.75, 3.05) is 11.5 Å². The molecule has 1 aromatic rings. The fraction of sp³-hybridized carbons (Fsp3) is 0.636. The molecule has 13 heavy (non-hydrogen) atoms. The molecule has 0 nitrogen and oxygen atoms in total. The Bertz CT molecular complexity index is 192. The number of hydrogen-bond donors (Lipinski definition) is 0. The van der Waals surface area contributed by atoms with Crippen LogP contribution in [0.2, 0.25) is 0 Å². The smallest absolute Gasteiger partial charge is 0.00455 e. The highest BCUT2D eigenvalue weighted by Gasteiger charge is 1.93. The van der Waals surface area contributed by atoms with E-state index in [9.17, 15) is 0 Å². The average molecular weight is 214 g/mol. The molecule has 74 valence electrons. The highest BCUT2D eigenvalue weighted by molar-refractivity contribution is 7.99. The Kier molecular flexibility index (Phi) is 6.38. The van der Waals surface area contributed by atoms with Crippen LogP contribution in [0.1, 0.15) is 31.1 Å². The predicted molar refractivity (Wildman–Crippen MR) is 64.9 cm³/mol. The minimum Gasteiger partial charge on any atom is -0.162 e. The van der Waals surface area contributed by atoms with Gasteiger partial charge < -0.3 is 0 Å². The molecule has 0 saturated heterocycles. The van der Waals surface area contributed by atoms with Crippen LogP contribution in [0.3, 0.4) is 0 Å². The summed E-state index contributed by atoms with van der Waals surface area (Å²) in [5.41, 5.74) is 0. The zero-order valence-electron chi connectivity index (χ0n) is 8.29. The van der Waals surface area contributed by atoms with Crippen molar-refractivity contribution in [1.29, 1.82) is 0 Å². The summed E-state index contributed by atoms with van der Waals surface area (Å²) in [4.78, 5) is 1.54. The van der Waals surface area contributed by atoms with Gasteiger partial charge in [0, 0.05) is 4.88 Å². The van der Waals surface area contributed by atoms with Crippen molar-refractivity contribution in [3.63, 3.8) is 0 Å². The van der Waals surface area contributed by atoms with Crippen LogP contribution in [0.25, 0.3) is 0 Å². The summed E-state index contributed by atoms with van der Waals surface area (Å²) in [7, 11) is 0. The van der Waals surface area contributed by atoms with Gasteiger partial charge in [-0.1, -0.05) is 19.4 Å². The quantitative estimate of drug-likeness (QED) is 0.613. The Balaban J connectivity index is 1.90. The van der Waals surface area contributed by atoms with Gasteiger partial charge in [0.15, 0.2) is 0 Å². The van der Waals surface area contributed by atoms with Crippen LogP contribution in [-0.2, 0) is 6.42 Å². The fourth-order valence-corrected chi connectivity index (χ4v) is 2.95. The van der Waals surface area contributed by atoms with E-state index >= 15 is 0 Å². The van der Waals surface area contributed by atoms with E-state index < -0.39 is 0 Å². The normalized spacial score (nSPS) is 10.5. The van der Waals surface area contributed by atoms with Crippen LogP contribution >= 0.6 is 23.1 Å². The molecule has 1 heterocycles. The van der Waals surface area contributed by atoms with Gasteiger partial charge in [-0.25, -0.2) is 0 Å². The Morgan fingerprint density at radius 1 is 1.31 bits per heavy atom. The van der Waals surface area contributed by atoms with Gasteiger partial charge in [-0.3, -0.25) is 0 Å². The molecule has 0 aliphatic rings. The molecule has 0 aliphatic carbocycles. The number of rotatable bonds is 7. The van der Waals surface area contributed by atoms with Crippen LogP contribution in [0.5, 0.6) is 0 Å². The molecule has 0 aliphatic heterocycles. The molecule has 0 spiro atoms. The summed E-state index contributed by atoms with van der Waals surface area (Å²) in [6.45, 7) is 2.26. The molecule has 0 saturated carbocycles. The van der Waals surface area contributed by atoms with E-state index in [2.05, 4.69) is 36.2 Å². The van der Waals surface area contributed by atoms with E-state index in [4.69, 9.17) is 0 Å². The van der Waals surface area contributed by atoms with Gasteiger partial charge in [0.25, 0.3) is 0 Å². The molecule has 0 amide bonds. The van der Waals surface area contributed by atoms with E-state index in [1.54, 1.807) is 0 Å². The summed E-state index contributed by atoms with van der Waals surface area (Å²) in [5.74, 6) is 2.68. The van der Waals surface area contributed by atoms with Gasteiger partial charge in [0.05, 0.1) is 0 Å². The first-order valence-electron chi connectivity index (χ1n) is 5.03. The minimum absolute atomic E-state index is 1.27. The number of aryl methyl sites for hydroxylation is 1. The number of thioether (sulfide) groups is 1. The van der Waals surface area contributed by atoms with Crippen molar-refractivity contribution in [3.05, 3.63) is 22.4 Å². The highest BCUT2D eigenvalue weighted by Crippen LogP contribution is 2.13. The molecular weight excluding hydrogens is 196 g/mol. The molecule has 0 fully saturated rings.